The summed E-state index contributed by atoms with van der Waals surface area (Å²) in [6.07, 6.45) is 5.77. The molecule has 3 aromatic rings. The number of aliphatic imine (C=N–C) groups is 1. The number of amides is 1. The van der Waals surface area contributed by atoms with Crippen LogP contribution >= 0.6 is 0 Å². The van der Waals surface area contributed by atoms with Crippen molar-refractivity contribution in [2.24, 2.45) is 4.99 Å². The van der Waals surface area contributed by atoms with E-state index in [1.807, 2.05) is 36.9 Å². The lowest BCUT2D eigenvalue weighted by Crippen LogP contribution is -2.52. The van der Waals surface area contributed by atoms with Crippen LogP contribution in [0.2, 0.25) is 0 Å². The van der Waals surface area contributed by atoms with E-state index in [1.54, 1.807) is 30.5 Å². The van der Waals surface area contributed by atoms with Crippen LogP contribution in [0.25, 0.3) is 0 Å². The molecular formula is C34H43N7O4S. The summed E-state index contributed by atoms with van der Waals surface area (Å²) in [5, 5.41) is 3.21. The molecule has 1 aromatic heterocycles. The van der Waals surface area contributed by atoms with Crippen molar-refractivity contribution in [3.63, 3.8) is 0 Å². The van der Waals surface area contributed by atoms with Crippen molar-refractivity contribution in [2.45, 2.75) is 56.6 Å². The third kappa shape index (κ3) is 7.24. The Morgan fingerprint density at radius 1 is 1.02 bits per heavy atom. The number of sulfone groups is 1. The monoisotopic (exact) mass is 645 g/mol. The Morgan fingerprint density at radius 3 is 2.48 bits per heavy atom. The Kier molecular flexibility index (Phi) is 9.39. The lowest BCUT2D eigenvalue weighted by molar-refractivity contribution is 0.0518. The van der Waals surface area contributed by atoms with Gasteiger partial charge in [-0.15, -0.1) is 0 Å². The predicted octanol–water partition coefficient (Wildman–Crippen LogP) is 4.11. The molecular weight excluding hydrogens is 602 g/mol. The summed E-state index contributed by atoms with van der Waals surface area (Å²) >= 11 is 0. The van der Waals surface area contributed by atoms with E-state index in [-0.39, 0.29) is 16.9 Å². The normalized spacial score (nSPS) is 17.8. The number of para-hydroxylation sites is 1. The molecule has 0 spiro atoms. The van der Waals surface area contributed by atoms with Crippen molar-refractivity contribution in [1.82, 2.24) is 24.7 Å². The van der Waals surface area contributed by atoms with Crippen LogP contribution in [0, 0.1) is 0 Å². The number of aromatic nitrogens is 2. The van der Waals surface area contributed by atoms with Crippen molar-refractivity contribution in [3.05, 3.63) is 65.1 Å². The lowest BCUT2D eigenvalue weighted by Gasteiger charge is -2.42. The highest BCUT2D eigenvalue weighted by molar-refractivity contribution is 7.90. The van der Waals surface area contributed by atoms with Crippen molar-refractivity contribution in [3.8, 4) is 5.75 Å². The van der Waals surface area contributed by atoms with Crippen molar-refractivity contribution >= 4 is 39.2 Å². The van der Waals surface area contributed by atoms with Crippen LogP contribution in [0.5, 0.6) is 5.75 Å². The van der Waals surface area contributed by atoms with Crippen molar-refractivity contribution in [2.75, 3.05) is 57.9 Å². The molecule has 1 N–H and O–H groups in total. The molecule has 0 bridgehead atoms. The first-order valence-corrected chi connectivity index (χ1v) is 17.9. The zero-order chi connectivity index (χ0) is 32.4. The molecule has 3 aliphatic rings. The molecule has 2 aromatic carbocycles. The number of nitrogens with zero attached hydrogens (tertiary/aromatic N) is 6. The smallest absolute Gasteiger partial charge is 0.253 e. The average Bonchev–Trinajstić information content (AvgIpc) is 3.51. The SMILES string of the molecule is CC(C)Oc1cc(C(=O)N2CCC(N3CCN(C)CC3)CC2)ccc1Cc1nc2c(c(Nc3ccccc3S(C)(=O)=O)n1)N=CC2. The van der Waals surface area contributed by atoms with Crippen LogP contribution < -0.4 is 10.1 Å². The van der Waals surface area contributed by atoms with Crippen LogP contribution in [0.4, 0.5) is 17.2 Å². The largest absolute Gasteiger partial charge is 0.491 e. The molecule has 6 rings (SSSR count). The van der Waals surface area contributed by atoms with Gasteiger partial charge in [0, 0.05) is 81.7 Å². The Labute approximate surface area is 271 Å². The van der Waals surface area contributed by atoms with E-state index >= 15 is 0 Å². The minimum absolute atomic E-state index is 0.0268. The molecule has 0 saturated carbocycles. The van der Waals surface area contributed by atoms with Gasteiger partial charge in [-0.05, 0) is 58.0 Å². The van der Waals surface area contributed by atoms with Gasteiger partial charge < -0.3 is 19.9 Å². The van der Waals surface area contributed by atoms with Gasteiger partial charge in [-0.25, -0.2) is 18.4 Å². The second-order valence-electron chi connectivity index (χ2n) is 12.7. The number of likely N-dealkylation sites (tertiary alicyclic amines) is 1. The van der Waals surface area contributed by atoms with Crippen LogP contribution in [0.15, 0.2) is 52.4 Å². The second kappa shape index (κ2) is 13.5. The number of nitrogens with one attached hydrogen (secondary N) is 1. The highest BCUT2D eigenvalue weighted by Gasteiger charge is 2.29. The predicted molar refractivity (Wildman–Crippen MR) is 180 cm³/mol. The number of benzene rings is 2. The van der Waals surface area contributed by atoms with E-state index in [4.69, 9.17) is 14.7 Å². The van der Waals surface area contributed by atoms with Gasteiger partial charge in [0.05, 0.1) is 22.4 Å². The molecule has 12 heteroatoms. The summed E-state index contributed by atoms with van der Waals surface area (Å²) in [7, 11) is -1.29. The van der Waals surface area contributed by atoms with E-state index in [1.165, 1.54) is 6.26 Å². The first kappa shape index (κ1) is 32.1. The maximum Gasteiger partial charge on any atom is 0.253 e. The van der Waals surface area contributed by atoms with E-state index < -0.39 is 9.84 Å². The highest BCUT2D eigenvalue weighted by atomic mass is 32.2. The third-order valence-electron chi connectivity index (χ3n) is 8.88. The first-order valence-electron chi connectivity index (χ1n) is 16.0. The Bertz CT molecular complexity index is 1730. The first-order chi connectivity index (χ1) is 22.0. The molecule has 11 nitrogen and oxygen atoms in total. The van der Waals surface area contributed by atoms with Gasteiger partial charge in [-0.3, -0.25) is 14.7 Å². The van der Waals surface area contributed by atoms with Crippen molar-refractivity contribution in [1.29, 1.82) is 0 Å². The molecule has 1 amide bonds. The number of hydrogen-bond donors (Lipinski definition) is 1. The fourth-order valence-corrected chi connectivity index (χ4v) is 7.26. The fraction of sp³-hybridized carbons (Fsp3) is 0.471. The Hall–Kier alpha value is -3.87. The lowest BCUT2D eigenvalue weighted by atomic mass is 10.0. The number of carbonyl (C=O) groups is 1. The van der Waals surface area contributed by atoms with Gasteiger partial charge in [-0.1, -0.05) is 18.2 Å². The summed E-state index contributed by atoms with van der Waals surface area (Å²) in [6, 6.07) is 12.9. The van der Waals surface area contributed by atoms with Crippen LogP contribution in [0.1, 0.15) is 54.1 Å². The molecule has 3 aliphatic heterocycles. The highest BCUT2D eigenvalue weighted by Crippen LogP contribution is 2.35. The van der Waals surface area contributed by atoms with E-state index in [2.05, 4.69) is 27.2 Å². The van der Waals surface area contributed by atoms with Crippen LogP contribution in [-0.2, 0) is 22.7 Å². The Morgan fingerprint density at radius 2 is 1.76 bits per heavy atom. The number of likely N-dealkylation sites (N-methyl/N-ethyl adjacent to an activating group) is 1. The van der Waals surface area contributed by atoms with E-state index in [0.717, 1.165) is 63.4 Å². The maximum absolute atomic E-state index is 13.6. The van der Waals surface area contributed by atoms with Gasteiger partial charge in [0.15, 0.2) is 15.7 Å². The molecule has 2 saturated heterocycles. The van der Waals surface area contributed by atoms with Gasteiger partial charge >= 0.3 is 0 Å². The Balaban J connectivity index is 1.21. The number of anilines is 2. The quantitative estimate of drug-likeness (QED) is 0.367. The fourth-order valence-electron chi connectivity index (χ4n) is 6.41. The number of carbonyl (C=O) groups excluding carboxylic acids is 1. The van der Waals surface area contributed by atoms with Crippen molar-refractivity contribution < 1.29 is 17.9 Å². The van der Waals surface area contributed by atoms with Crippen LogP contribution in [-0.4, -0.2) is 110 Å². The number of rotatable bonds is 9. The minimum atomic E-state index is -3.47. The molecule has 2 fully saturated rings. The molecule has 4 heterocycles. The molecule has 0 unspecified atom stereocenters. The average molecular weight is 646 g/mol. The van der Waals surface area contributed by atoms with E-state index in [0.29, 0.717) is 53.2 Å². The number of piperidine rings is 1. The second-order valence-corrected chi connectivity index (χ2v) is 14.7. The zero-order valence-corrected chi connectivity index (χ0v) is 27.9. The summed E-state index contributed by atoms with van der Waals surface area (Å²) in [4.78, 5) is 34.8. The number of ether oxygens (including phenoxy) is 1. The van der Waals surface area contributed by atoms with Crippen LogP contribution in [0.3, 0.4) is 0 Å². The molecule has 0 atom stereocenters. The standard InChI is InChI=1S/C34H43N7O4S/c1-23(2)45-29-21-25(34(42)41-15-12-26(13-16-41)40-19-17-39(3)18-20-40)10-9-24(29)22-31-36-28-11-14-35-32(28)33(38-31)37-27-7-5-6-8-30(27)46(4,43)44/h5-10,14,21,23,26H,11-13,15-20,22H2,1-4H3,(H,36,37,38). The summed E-state index contributed by atoms with van der Waals surface area (Å²) in [6.45, 7) is 9.82. The molecule has 0 radical (unpaired) electrons. The van der Waals surface area contributed by atoms with Gasteiger partial charge in [0.2, 0.25) is 0 Å². The van der Waals surface area contributed by atoms with E-state index in [9.17, 15) is 13.2 Å². The molecule has 0 aliphatic carbocycles. The number of hydrogen-bond acceptors (Lipinski definition) is 10. The summed E-state index contributed by atoms with van der Waals surface area (Å²) in [5.74, 6) is 1.65. The topological polar surface area (TPSA) is 120 Å². The molecule has 46 heavy (non-hydrogen) atoms. The third-order valence-corrected chi connectivity index (χ3v) is 10.0. The summed E-state index contributed by atoms with van der Waals surface area (Å²) in [5.41, 5.74) is 3.27. The maximum atomic E-state index is 13.6. The number of fused-ring (bicyclic) bond motifs is 1. The summed E-state index contributed by atoms with van der Waals surface area (Å²) < 4.78 is 31.1. The number of piperazine rings is 1. The van der Waals surface area contributed by atoms with Gasteiger partial charge in [0.1, 0.15) is 17.3 Å². The van der Waals surface area contributed by atoms with Gasteiger partial charge in [0.25, 0.3) is 5.91 Å². The molecule has 244 valence electrons. The zero-order valence-electron chi connectivity index (χ0n) is 27.1. The van der Waals surface area contributed by atoms with Gasteiger partial charge in [-0.2, -0.15) is 0 Å². The minimum Gasteiger partial charge on any atom is -0.491 e.